The van der Waals surface area contributed by atoms with Crippen molar-refractivity contribution in [2.45, 2.75) is 108 Å². The summed E-state index contributed by atoms with van der Waals surface area (Å²) in [6, 6.07) is 7.11. The Balaban J connectivity index is 0.892. The topological polar surface area (TPSA) is 193 Å². The molecule has 0 radical (unpaired) electrons. The Morgan fingerprint density at radius 2 is 1.89 bits per heavy atom. The molecule has 6 aliphatic rings. The Morgan fingerprint density at radius 3 is 2.73 bits per heavy atom. The van der Waals surface area contributed by atoms with E-state index in [4.69, 9.17) is 40.1 Å². The molecule has 6 N–H and O–H groups in total. The van der Waals surface area contributed by atoms with Gasteiger partial charge in [0.05, 0.1) is 17.5 Å². The highest BCUT2D eigenvalue weighted by Gasteiger charge is 2.65. The number of phenols is 1. The number of epoxide rings is 1. The number of carbonyl (C=O) groups is 1. The van der Waals surface area contributed by atoms with Gasteiger partial charge in [0, 0.05) is 46.5 Å². The second-order valence-corrected chi connectivity index (χ2v) is 16.7. The number of allylic oxidation sites excluding steroid dienone is 1. The lowest BCUT2D eigenvalue weighted by Gasteiger charge is -2.45. The molecule has 3 aromatic heterocycles. The minimum absolute atomic E-state index is 0.0991. The van der Waals surface area contributed by atoms with Crippen molar-refractivity contribution in [3.63, 3.8) is 0 Å². The van der Waals surface area contributed by atoms with Crippen molar-refractivity contribution in [2.24, 2.45) is 4.99 Å². The molecule has 0 saturated carbocycles. The minimum atomic E-state index is -1.06. The van der Waals surface area contributed by atoms with Crippen molar-refractivity contribution in [1.82, 2.24) is 9.97 Å². The Morgan fingerprint density at radius 1 is 1.05 bits per heavy atom. The lowest BCUT2D eigenvalue weighted by molar-refractivity contribution is -0.852. The average Bonchev–Trinajstić information content (AvgIpc) is 3.55. The van der Waals surface area contributed by atoms with Gasteiger partial charge in [-0.15, -0.1) is 0 Å². The molecule has 1 aromatic carbocycles. The number of nitrogens with two attached hydrogens (primary N) is 2. The summed E-state index contributed by atoms with van der Waals surface area (Å²) < 4.78 is 24.8. The van der Waals surface area contributed by atoms with Crippen molar-refractivity contribution < 1.29 is 33.4 Å². The molecular formula is C43H45N6O7+. The van der Waals surface area contributed by atoms with E-state index in [-0.39, 0.29) is 34.2 Å². The number of phenolic OH excluding ortho intramolecular Hbond substituents is 1. The third kappa shape index (κ3) is 5.54. The molecule has 5 unspecified atom stereocenters. The second kappa shape index (κ2) is 12.5. The van der Waals surface area contributed by atoms with Crippen LogP contribution in [0.5, 0.6) is 11.5 Å². The fourth-order valence-corrected chi connectivity index (χ4v) is 9.97. The van der Waals surface area contributed by atoms with E-state index in [1.165, 1.54) is 16.5 Å². The molecule has 0 bridgehead atoms. The zero-order valence-corrected chi connectivity index (χ0v) is 31.7. The van der Waals surface area contributed by atoms with Gasteiger partial charge in [0.2, 0.25) is 0 Å². The highest BCUT2D eigenvalue weighted by Crippen LogP contribution is 2.54. The van der Waals surface area contributed by atoms with Gasteiger partial charge < -0.3 is 35.2 Å². The van der Waals surface area contributed by atoms with Gasteiger partial charge in [-0.3, -0.25) is 14.7 Å². The van der Waals surface area contributed by atoms with E-state index in [1.54, 1.807) is 13.0 Å². The summed E-state index contributed by atoms with van der Waals surface area (Å²) in [5, 5.41) is 11.6. The molecule has 56 heavy (non-hydrogen) atoms. The molecule has 13 heteroatoms. The zero-order valence-electron chi connectivity index (χ0n) is 31.7. The standard InChI is InChI=1S/C43H44N6O7/c1-21-14-30(50)36-31(53-21)17-32-35(38(36)51)27-8-5-12-43(41(52)54-39(27)42(2,3)55-32)33(56-43)10-9-22-15-34(44)48-37-25(22)6-4-7-26-28(37)16-24(47-40(26)45)19-49-18-23-11-13-46-29(23)20-49/h11,13-17,20,27,33,39,51H,4-10,12,18-19H2,1-3H3,(H2,44,48)(H2,45,47)/p+1. The molecular weight excluding hydrogens is 713 g/mol. The van der Waals surface area contributed by atoms with E-state index in [0.717, 1.165) is 65.1 Å². The van der Waals surface area contributed by atoms with Crippen molar-refractivity contribution in [1.29, 1.82) is 0 Å². The van der Waals surface area contributed by atoms with Gasteiger partial charge in [0.25, 0.3) is 0 Å². The summed E-state index contributed by atoms with van der Waals surface area (Å²) in [7, 11) is 0. The van der Waals surface area contributed by atoms with Crippen molar-refractivity contribution >= 4 is 34.8 Å². The highest BCUT2D eigenvalue weighted by molar-refractivity contribution is 5.88. The molecule has 5 atom stereocenters. The lowest BCUT2D eigenvalue weighted by atomic mass is 9.76. The number of anilines is 2. The van der Waals surface area contributed by atoms with Gasteiger partial charge >= 0.3 is 5.97 Å². The maximum atomic E-state index is 14.1. The lowest BCUT2D eigenvalue weighted by Crippen LogP contribution is -3.04. The number of nitrogens with one attached hydrogen (secondary N) is 1. The molecule has 2 fully saturated rings. The Hall–Kier alpha value is -5.53. The Labute approximate surface area is 323 Å². The first kappa shape index (κ1) is 34.9. The number of benzene rings is 1. The van der Waals surface area contributed by atoms with E-state index < -0.39 is 23.3 Å². The normalized spacial score (nSPS) is 26.7. The van der Waals surface area contributed by atoms with Crippen molar-refractivity contribution in [3.8, 4) is 22.8 Å². The van der Waals surface area contributed by atoms with Gasteiger partial charge in [0.1, 0.15) is 76.6 Å². The van der Waals surface area contributed by atoms with E-state index in [9.17, 15) is 14.7 Å². The summed E-state index contributed by atoms with van der Waals surface area (Å²) in [4.78, 5) is 42.5. The number of aryl methyl sites for hydroxylation is 2. The molecule has 5 aliphatic heterocycles. The van der Waals surface area contributed by atoms with Crippen LogP contribution in [-0.2, 0) is 40.1 Å². The number of carbonyl (C=O) groups excluding carboxylic acids is 1. The number of aliphatic imine (C=N–C) groups is 1. The van der Waals surface area contributed by atoms with Crippen LogP contribution in [0.3, 0.4) is 0 Å². The van der Waals surface area contributed by atoms with E-state index in [0.29, 0.717) is 67.4 Å². The maximum absolute atomic E-state index is 14.1. The summed E-state index contributed by atoms with van der Waals surface area (Å²) in [6.07, 6.45) is 10.5. The Kier molecular flexibility index (Phi) is 7.79. The highest BCUT2D eigenvalue weighted by atomic mass is 16.7. The summed E-state index contributed by atoms with van der Waals surface area (Å²) in [5.41, 5.74) is 19.8. The summed E-state index contributed by atoms with van der Waals surface area (Å²) >= 11 is 0. The molecule has 4 aromatic rings. The van der Waals surface area contributed by atoms with Crippen LogP contribution in [-0.4, -0.2) is 57.2 Å². The van der Waals surface area contributed by atoms with E-state index in [2.05, 4.69) is 23.3 Å². The van der Waals surface area contributed by atoms with Gasteiger partial charge in [-0.1, -0.05) is 0 Å². The number of hydrogen-bond acceptors (Lipinski definition) is 12. The van der Waals surface area contributed by atoms with Crippen molar-refractivity contribution in [2.75, 3.05) is 18.0 Å². The minimum Gasteiger partial charge on any atom is -0.507 e. The molecule has 288 valence electrons. The van der Waals surface area contributed by atoms with Gasteiger partial charge in [-0.2, -0.15) is 0 Å². The molecule has 0 amide bonds. The van der Waals surface area contributed by atoms with E-state index >= 15 is 0 Å². The second-order valence-electron chi connectivity index (χ2n) is 16.7. The van der Waals surface area contributed by atoms with E-state index in [1.807, 2.05) is 26.1 Å². The third-order valence-electron chi connectivity index (χ3n) is 12.6. The molecule has 2 saturated heterocycles. The quantitative estimate of drug-likeness (QED) is 0.168. The van der Waals surface area contributed by atoms with Crippen LogP contribution in [0.15, 0.2) is 62.0 Å². The number of hydrogen-bond donors (Lipinski definition) is 4. The first-order valence-electron chi connectivity index (χ1n) is 19.6. The fourth-order valence-electron chi connectivity index (χ4n) is 9.97. The van der Waals surface area contributed by atoms with Gasteiger partial charge in [-0.05, 0) is 101 Å². The predicted octanol–water partition coefficient (Wildman–Crippen LogP) is 4.29. The molecule has 8 heterocycles. The number of aromatic hydroxyl groups is 1. The average molecular weight is 758 g/mol. The number of nitrogens with zero attached hydrogens (tertiary/aromatic N) is 3. The summed E-state index contributed by atoms with van der Waals surface area (Å²) in [5.74, 6) is 0.842. The zero-order chi connectivity index (χ0) is 38.7. The number of aromatic nitrogens is 2. The van der Waals surface area contributed by atoms with Gasteiger partial charge in [-0.25, -0.2) is 14.8 Å². The number of nitrogen functional groups attached to an aromatic ring is 2. The number of ether oxygens (including phenoxy) is 3. The number of quaternary nitrogens is 1. The van der Waals surface area contributed by atoms with Crippen molar-refractivity contribution in [3.05, 3.63) is 91.7 Å². The molecule has 10 rings (SSSR count). The number of esters is 1. The number of pyridine rings is 2. The maximum Gasteiger partial charge on any atom is 0.341 e. The first-order chi connectivity index (χ1) is 26.9. The first-order valence-corrected chi connectivity index (χ1v) is 19.6. The number of fused-ring (bicyclic) bond motifs is 8. The predicted molar refractivity (Wildman–Crippen MR) is 208 cm³/mol. The third-order valence-corrected chi connectivity index (χ3v) is 12.6. The molecule has 13 nitrogen and oxygen atoms in total. The Bertz CT molecular complexity index is 2540. The summed E-state index contributed by atoms with van der Waals surface area (Å²) in [6.45, 7) is 6.98. The SMILES string of the molecule is Cc1cc(=O)c2c(O)c3c(cc2o1)OC(C)(C)C1OC(=O)C2(CCCC31)OC2CCc1cc(N)nc2c1CCCc1c-2cc(C[NH+]2C=C3N=CC=C3C2)nc1N. The van der Waals surface area contributed by atoms with Crippen LogP contribution < -0.4 is 26.5 Å². The van der Waals surface area contributed by atoms with Crippen LogP contribution >= 0.6 is 0 Å². The molecule has 1 spiro atoms. The largest absolute Gasteiger partial charge is 0.507 e. The smallest absolute Gasteiger partial charge is 0.341 e. The van der Waals surface area contributed by atoms with Crippen LogP contribution in [0, 0.1) is 6.92 Å². The fraction of sp³-hybridized carbons (Fsp3) is 0.419. The molecule has 1 aliphatic carbocycles. The van der Waals surface area contributed by atoms with Crippen LogP contribution in [0.1, 0.15) is 85.6 Å². The number of rotatable bonds is 5. The monoisotopic (exact) mass is 757 g/mol. The van der Waals surface area contributed by atoms with Crippen LogP contribution in [0.2, 0.25) is 0 Å². The van der Waals surface area contributed by atoms with Crippen LogP contribution in [0.25, 0.3) is 22.2 Å². The van der Waals surface area contributed by atoms with Crippen LogP contribution in [0.4, 0.5) is 11.6 Å². The van der Waals surface area contributed by atoms with Gasteiger partial charge in [0.15, 0.2) is 11.0 Å².